The number of carbonyl (C=O) groups excluding carboxylic acids is 2. The van der Waals surface area contributed by atoms with E-state index in [9.17, 15) is 9.59 Å². The summed E-state index contributed by atoms with van der Waals surface area (Å²) < 4.78 is 0. The predicted molar refractivity (Wildman–Crippen MR) is 44.6 cm³/mol. The molecule has 1 N–H and O–H groups in total. The van der Waals surface area contributed by atoms with Gasteiger partial charge in [-0.2, -0.15) is 0 Å². The van der Waals surface area contributed by atoms with Crippen LogP contribution in [0.1, 0.15) is 0 Å². The van der Waals surface area contributed by atoms with E-state index >= 15 is 0 Å². The van der Waals surface area contributed by atoms with Crippen LogP contribution in [0.25, 0.3) is 0 Å². The fraction of sp³-hybridized carbons (Fsp3) is 0.429. The van der Waals surface area contributed by atoms with Crippen LogP contribution in [-0.2, 0) is 9.59 Å². The Hall–Kier alpha value is -1.03. The molecule has 1 aliphatic rings. The maximum absolute atomic E-state index is 11.1. The van der Waals surface area contributed by atoms with Crippen molar-refractivity contribution in [1.29, 1.82) is 0 Å². The number of carbonyl (C=O) groups is 2. The van der Waals surface area contributed by atoms with E-state index in [-0.39, 0.29) is 24.9 Å². The molecule has 0 saturated carbocycles. The first-order valence-corrected chi connectivity index (χ1v) is 3.97. The van der Waals surface area contributed by atoms with Gasteiger partial charge in [0.1, 0.15) is 0 Å². The third-order valence-electron chi connectivity index (χ3n) is 1.54. The molecule has 0 unspecified atom stereocenters. The SMILES string of the molecule is O=C1CN(C/C=C/Cl)C(=O)CN1. The number of halogens is 1. The maximum Gasteiger partial charge on any atom is 0.242 e. The van der Waals surface area contributed by atoms with Gasteiger partial charge < -0.3 is 10.2 Å². The van der Waals surface area contributed by atoms with Gasteiger partial charge >= 0.3 is 0 Å². The van der Waals surface area contributed by atoms with Gasteiger partial charge in [0.2, 0.25) is 11.8 Å². The van der Waals surface area contributed by atoms with Gasteiger partial charge in [0.05, 0.1) is 13.1 Å². The lowest BCUT2D eigenvalue weighted by Crippen LogP contribution is -2.51. The van der Waals surface area contributed by atoms with Crippen molar-refractivity contribution < 1.29 is 9.59 Å². The number of hydrogen-bond donors (Lipinski definition) is 1. The van der Waals surface area contributed by atoms with Crippen molar-refractivity contribution in [2.75, 3.05) is 19.6 Å². The molecule has 4 nitrogen and oxygen atoms in total. The van der Waals surface area contributed by atoms with Gasteiger partial charge in [0.15, 0.2) is 0 Å². The zero-order valence-electron chi connectivity index (χ0n) is 6.42. The summed E-state index contributed by atoms with van der Waals surface area (Å²) in [6, 6.07) is 0. The fourth-order valence-electron chi connectivity index (χ4n) is 0.937. The Morgan fingerprint density at radius 2 is 2.33 bits per heavy atom. The second-order valence-corrected chi connectivity index (χ2v) is 2.66. The number of rotatable bonds is 2. The van der Waals surface area contributed by atoms with Gasteiger partial charge in [-0.05, 0) is 0 Å². The number of amides is 2. The average molecular weight is 189 g/mol. The van der Waals surface area contributed by atoms with Crippen LogP contribution in [0, 0.1) is 0 Å². The van der Waals surface area contributed by atoms with E-state index in [4.69, 9.17) is 11.6 Å². The minimum Gasteiger partial charge on any atom is -0.345 e. The molecule has 0 aromatic carbocycles. The quantitative estimate of drug-likeness (QED) is 0.647. The van der Waals surface area contributed by atoms with Crippen molar-refractivity contribution >= 4 is 23.4 Å². The smallest absolute Gasteiger partial charge is 0.242 e. The lowest BCUT2D eigenvalue weighted by Gasteiger charge is -2.25. The second kappa shape index (κ2) is 4.11. The third-order valence-corrected chi connectivity index (χ3v) is 1.72. The highest BCUT2D eigenvalue weighted by atomic mass is 35.5. The van der Waals surface area contributed by atoms with Crippen molar-refractivity contribution in [2.45, 2.75) is 0 Å². The Bertz CT molecular complexity index is 227. The van der Waals surface area contributed by atoms with Crippen molar-refractivity contribution in [3.8, 4) is 0 Å². The largest absolute Gasteiger partial charge is 0.345 e. The first-order chi connectivity index (χ1) is 5.74. The molecule has 5 heteroatoms. The maximum atomic E-state index is 11.1. The Morgan fingerprint density at radius 1 is 1.58 bits per heavy atom. The molecule has 66 valence electrons. The zero-order chi connectivity index (χ0) is 8.97. The molecule has 1 heterocycles. The minimum atomic E-state index is -0.127. The van der Waals surface area contributed by atoms with E-state index in [0.717, 1.165) is 0 Å². The van der Waals surface area contributed by atoms with E-state index in [1.165, 1.54) is 10.4 Å². The predicted octanol–water partition coefficient (Wildman–Crippen LogP) is -0.303. The summed E-state index contributed by atoms with van der Waals surface area (Å²) >= 11 is 5.29. The Kier molecular flexibility index (Phi) is 3.10. The van der Waals surface area contributed by atoms with Gasteiger partial charge in [-0.3, -0.25) is 9.59 Å². The summed E-state index contributed by atoms with van der Waals surface area (Å²) in [4.78, 5) is 23.3. The summed E-state index contributed by atoms with van der Waals surface area (Å²) in [7, 11) is 0. The van der Waals surface area contributed by atoms with Crippen LogP contribution in [0.4, 0.5) is 0 Å². The molecule has 1 saturated heterocycles. The van der Waals surface area contributed by atoms with Crippen LogP contribution in [0.2, 0.25) is 0 Å². The average Bonchev–Trinajstić information content (AvgIpc) is 2.07. The van der Waals surface area contributed by atoms with Gasteiger partial charge in [0.25, 0.3) is 0 Å². The van der Waals surface area contributed by atoms with Gasteiger partial charge in [-0.1, -0.05) is 17.7 Å². The van der Waals surface area contributed by atoms with Crippen LogP contribution < -0.4 is 5.32 Å². The monoisotopic (exact) mass is 188 g/mol. The molecular weight excluding hydrogens is 180 g/mol. The summed E-state index contributed by atoms with van der Waals surface area (Å²) in [5.74, 6) is -0.207. The van der Waals surface area contributed by atoms with E-state index in [1.54, 1.807) is 6.08 Å². The molecule has 0 aromatic heterocycles. The Morgan fingerprint density at radius 3 is 3.00 bits per heavy atom. The lowest BCUT2D eigenvalue weighted by molar-refractivity contribution is -0.139. The molecule has 0 bridgehead atoms. The highest BCUT2D eigenvalue weighted by Crippen LogP contribution is 1.95. The van der Waals surface area contributed by atoms with Crippen LogP contribution in [0.3, 0.4) is 0 Å². The van der Waals surface area contributed by atoms with Crippen LogP contribution in [0.5, 0.6) is 0 Å². The number of nitrogens with zero attached hydrogens (tertiary/aromatic N) is 1. The first-order valence-electron chi connectivity index (χ1n) is 3.53. The van der Waals surface area contributed by atoms with Crippen LogP contribution in [-0.4, -0.2) is 36.3 Å². The molecule has 0 spiro atoms. The van der Waals surface area contributed by atoms with Crippen molar-refractivity contribution in [3.63, 3.8) is 0 Å². The van der Waals surface area contributed by atoms with Crippen LogP contribution in [0.15, 0.2) is 11.6 Å². The molecule has 12 heavy (non-hydrogen) atoms. The molecule has 1 fully saturated rings. The second-order valence-electron chi connectivity index (χ2n) is 2.41. The summed E-state index contributed by atoms with van der Waals surface area (Å²) in [6.45, 7) is 0.616. The molecule has 1 rings (SSSR count). The summed E-state index contributed by atoms with van der Waals surface area (Å²) in [5.41, 5.74) is 1.33. The third kappa shape index (κ3) is 2.23. The first kappa shape index (κ1) is 9.06. The van der Waals surface area contributed by atoms with E-state index in [2.05, 4.69) is 5.32 Å². The van der Waals surface area contributed by atoms with E-state index < -0.39 is 0 Å². The van der Waals surface area contributed by atoms with Gasteiger partial charge in [-0.25, -0.2) is 0 Å². The molecule has 0 aliphatic carbocycles. The fourth-order valence-corrected chi connectivity index (χ4v) is 1.02. The summed E-state index contributed by atoms with van der Waals surface area (Å²) in [5, 5.41) is 2.45. The van der Waals surface area contributed by atoms with Crippen molar-refractivity contribution in [3.05, 3.63) is 11.6 Å². The topological polar surface area (TPSA) is 49.4 Å². The molecular formula is C7H9ClN2O2. The minimum absolute atomic E-state index is 0.0793. The molecule has 1 aliphatic heterocycles. The molecule has 2 amide bonds. The Balaban J connectivity index is 2.49. The normalized spacial score (nSPS) is 18.6. The standard InChI is InChI=1S/C7H9ClN2O2/c8-2-1-3-10-5-6(11)9-4-7(10)12/h1-2H,3-5H2,(H,9,11)/b2-1+. The summed E-state index contributed by atoms with van der Waals surface area (Å²) in [6.07, 6.45) is 1.62. The molecule has 0 atom stereocenters. The highest BCUT2D eigenvalue weighted by Gasteiger charge is 2.21. The Labute approximate surface area is 75.2 Å². The lowest BCUT2D eigenvalue weighted by atomic mass is 10.3. The number of nitrogens with one attached hydrogen (secondary N) is 1. The van der Waals surface area contributed by atoms with Crippen LogP contribution >= 0.6 is 11.6 Å². The highest BCUT2D eigenvalue weighted by molar-refractivity contribution is 6.25. The van der Waals surface area contributed by atoms with Crippen molar-refractivity contribution in [2.24, 2.45) is 0 Å². The molecule has 0 radical (unpaired) electrons. The number of piperazine rings is 1. The van der Waals surface area contributed by atoms with Gasteiger partial charge in [-0.15, -0.1) is 0 Å². The zero-order valence-corrected chi connectivity index (χ0v) is 7.17. The van der Waals surface area contributed by atoms with E-state index in [0.29, 0.717) is 6.54 Å². The van der Waals surface area contributed by atoms with Crippen molar-refractivity contribution in [1.82, 2.24) is 10.2 Å². The number of hydrogen-bond acceptors (Lipinski definition) is 2. The van der Waals surface area contributed by atoms with Gasteiger partial charge in [0, 0.05) is 12.1 Å². The molecule has 0 aromatic rings. The van der Waals surface area contributed by atoms with E-state index in [1.807, 2.05) is 0 Å².